The first kappa shape index (κ1) is 46.8. The SMILES string of the molecule is CC(C)CCC[C@@H](C)[C@H]1CC[C@H]2[C@@H]3CC=C4C[C@@H](OCCCNC(=O)CCC(=O)N[C@@H](CC(C)C)C(=O)NCC(=O)Nc5ccc(CO)cc5)CC[C@]4(C)[C@H]3CC[C@]12C. The smallest absolute Gasteiger partial charge is 0.243 e. The van der Waals surface area contributed by atoms with E-state index in [1.165, 1.54) is 57.8 Å². The molecule has 5 rings (SSSR count). The number of amides is 4. The Labute approximate surface area is 355 Å². The molecule has 0 aromatic heterocycles. The summed E-state index contributed by atoms with van der Waals surface area (Å²) in [5, 5.41) is 20.2. The summed E-state index contributed by atoms with van der Waals surface area (Å²) in [6.45, 7) is 17.2. The van der Waals surface area contributed by atoms with Crippen molar-refractivity contribution in [2.45, 2.75) is 164 Å². The van der Waals surface area contributed by atoms with Crippen molar-refractivity contribution in [2.24, 2.45) is 52.3 Å². The average Bonchev–Trinajstić information content (AvgIpc) is 3.56. The Kier molecular flexibility index (Phi) is 17.1. The Morgan fingerprint density at radius 2 is 1.58 bits per heavy atom. The molecule has 4 amide bonds. The predicted molar refractivity (Wildman–Crippen MR) is 235 cm³/mol. The highest BCUT2D eigenvalue weighted by molar-refractivity contribution is 5.96. The predicted octanol–water partition coefficient (Wildman–Crippen LogP) is 8.48. The number of fused-ring (bicyclic) bond motifs is 5. The first-order valence-electron chi connectivity index (χ1n) is 23.3. The van der Waals surface area contributed by atoms with Crippen LogP contribution in [0.25, 0.3) is 0 Å². The molecule has 1 aromatic carbocycles. The largest absolute Gasteiger partial charge is 0.392 e. The van der Waals surface area contributed by atoms with Gasteiger partial charge in [0, 0.05) is 31.7 Å². The van der Waals surface area contributed by atoms with E-state index in [1.807, 2.05) is 13.8 Å². The minimum Gasteiger partial charge on any atom is -0.392 e. The molecule has 0 aliphatic heterocycles. The number of aliphatic hydroxyl groups excluding tert-OH is 1. The molecule has 3 fully saturated rings. The maximum Gasteiger partial charge on any atom is 0.243 e. The number of carbonyl (C=O) groups excluding carboxylic acids is 4. The van der Waals surface area contributed by atoms with Crippen LogP contribution < -0.4 is 21.3 Å². The van der Waals surface area contributed by atoms with E-state index in [9.17, 15) is 24.3 Å². The molecule has 4 aliphatic rings. The van der Waals surface area contributed by atoms with Gasteiger partial charge in [0.25, 0.3) is 0 Å². The Morgan fingerprint density at radius 3 is 2.29 bits per heavy atom. The van der Waals surface area contributed by atoms with Crippen LogP contribution in [0.15, 0.2) is 35.9 Å². The minimum absolute atomic E-state index is 0.0235. The highest BCUT2D eigenvalue weighted by Crippen LogP contribution is 2.67. The molecule has 4 aliphatic carbocycles. The summed E-state index contributed by atoms with van der Waals surface area (Å²) in [5.41, 5.74) is 3.73. The van der Waals surface area contributed by atoms with E-state index >= 15 is 0 Å². The lowest BCUT2D eigenvalue weighted by atomic mass is 9.47. The molecule has 10 heteroatoms. The van der Waals surface area contributed by atoms with Crippen molar-refractivity contribution < 1.29 is 29.0 Å². The lowest BCUT2D eigenvalue weighted by Gasteiger charge is -2.58. The molecule has 0 radical (unpaired) electrons. The molecule has 0 saturated heterocycles. The van der Waals surface area contributed by atoms with E-state index in [2.05, 4.69) is 62.0 Å². The second kappa shape index (κ2) is 21.5. The molecule has 330 valence electrons. The minimum atomic E-state index is -0.820. The number of hydrogen-bond donors (Lipinski definition) is 5. The van der Waals surface area contributed by atoms with Crippen molar-refractivity contribution in [3.05, 3.63) is 41.5 Å². The zero-order chi connectivity index (χ0) is 42.7. The normalized spacial score (nSPS) is 28.4. The topological polar surface area (TPSA) is 146 Å². The fraction of sp³-hybridized carbons (Fsp3) is 0.755. The number of allylic oxidation sites excluding steroid dienone is 1. The Hall–Kier alpha value is -3.24. The van der Waals surface area contributed by atoms with Crippen molar-refractivity contribution in [1.82, 2.24) is 16.0 Å². The van der Waals surface area contributed by atoms with Crippen molar-refractivity contribution >= 4 is 29.3 Å². The van der Waals surface area contributed by atoms with E-state index in [4.69, 9.17) is 4.74 Å². The highest BCUT2D eigenvalue weighted by atomic mass is 16.5. The maximum absolute atomic E-state index is 12.9. The molecular weight excluding hydrogens is 741 g/mol. The molecule has 59 heavy (non-hydrogen) atoms. The van der Waals surface area contributed by atoms with Crippen LogP contribution in [-0.4, -0.2) is 60.6 Å². The summed E-state index contributed by atoms with van der Waals surface area (Å²) >= 11 is 0. The van der Waals surface area contributed by atoms with Gasteiger partial charge in [0.2, 0.25) is 23.6 Å². The third-order valence-corrected chi connectivity index (χ3v) is 15.0. The van der Waals surface area contributed by atoms with Gasteiger partial charge < -0.3 is 31.1 Å². The summed E-state index contributed by atoms with van der Waals surface area (Å²) in [5.74, 6) is 3.70. The molecule has 5 N–H and O–H groups in total. The van der Waals surface area contributed by atoms with Gasteiger partial charge in [-0.1, -0.05) is 91.5 Å². The fourth-order valence-corrected chi connectivity index (χ4v) is 11.8. The number of carbonyl (C=O) groups is 4. The van der Waals surface area contributed by atoms with E-state index in [-0.39, 0.29) is 49.8 Å². The Bertz CT molecular complexity index is 1590. The van der Waals surface area contributed by atoms with Crippen LogP contribution in [0.1, 0.15) is 150 Å². The maximum atomic E-state index is 12.9. The number of nitrogens with one attached hydrogen (secondary N) is 4. The van der Waals surface area contributed by atoms with Crippen LogP contribution in [0.4, 0.5) is 5.69 Å². The van der Waals surface area contributed by atoms with E-state index in [1.54, 1.807) is 29.8 Å². The van der Waals surface area contributed by atoms with Crippen LogP contribution in [-0.2, 0) is 30.5 Å². The van der Waals surface area contributed by atoms with Crippen LogP contribution in [0.5, 0.6) is 0 Å². The summed E-state index contributed by atoms with van der Waals surface area (Å²) in [6, 6.07) is 5.93. The van der Waals surface area contributed by atoms with Gasteiger partial charge in [-0.25, -0.2) is 0 Å². The third kappa shape index (κ3) is 12.4. The lowest BCUT2D eigenvalue weighted by molar-refractivity contribution is -0.131. The van der Waals surface area contributed by atoms with Gasteiger partial charge in [0.15, 0.2) is 0 Å². The van der Waals surface area contributed by atoms with Crippen LogP contribution >= 0.6 is 0 Å². The second-order valence-corrected chi connectivity index (χ2v) is 20.1. The number of benzene rings is 1. The number of ether oxygens (including phenoxy) is 1. The Balaban J connectivity index is 0.977. The number of aliphatic hydroxyl groups is 1. The third-order valence-electron chi connectivity index (χ3n) is 15.0. The second-order valence-electron chi connectivity index (χ2n) is 20.1. The van der Waals surface area contributed by atoms with Crippen LogP contribution in [0, 0.1) is 52.3 Å². The summed E-state index contributed by atoms with van der Waals surface area (Å²) in [7, 11) is 0. The van der Waals surface area contributed by atoms with Gasteiger partial charge in [-0.15, -0.1) is 0 Å². The van der Waals surface area contributed by atoms with Crippen molar-refractivity contribution in [1.29, 1.82) is 0 Å². The van der Waals surface area contributed by atoms with E-state index in [0.29, 0.717) is 42.5 Å². The first-order chi connectivity index (χ1) is 28.1. The standard InChI is InChI=1S/C49H78N4O6/c1-32(2)10-8-11-34(5)40-18-19-41-39-17-14-36-29-38(22-24-48(36,6)42(39)23-25-49(40,41)7)59-27-9-26-50-44(55)20-21-45(56)53-43(28-33(3)4)47(58)51-30-46(57)52-37-15-12-35(31-54)13-16-37/h12-16,32-34,38-43,54H,8-11,17-31H2,1-7H3,(H,50,55)(H,51,58)(H,52,57)(H,53,56)/t34-,38+,39+,40-,41+,42+,43+,48+,49-/m1/s1. The molecule has 10 nitrogen and oxygen atoms in total. The number of anilines is 1. The van der Waals surface area contributed by atoms with Crippen molar-refractivity contribution in [2.75, 3.05) is 25.0 Å². The van der Waals surface area contributed by atoms with Gasteiger partial charge in [0.05, 0.1) is 19.3 Å². The van der Waals surface area contributed by atoms with E-state index in [0.717, 1.165) is 53.9 Å². The molecule has 3 saturated carbocycles. The molecule has 0 bridgehead atoms. The van der Waals surface area contributed by atoms with Gasteiger partial charge in [0.1, 0.15) is 6.04 Å². The molecule has 0 unspecified atom stereocenters. The van der Waals surface area contributed by atoms with Crippen molar-refractivity contribution in [3.63, 3.8) is 0 Å². The van der Waals surface area contributed by atoms with Crippen LogP contribution in [0.3, 0.4) is 0 Å². The first-order valence-corrected chi connectivity index (χ1v) is 23.3. The average molecular weight is 819 g/mol. The van der Waals surface area contributed by atoms with Gasteiger partial charge >= 0.3 is 0 Å². The van der Waals surface area contributed by atoms with Crippen molar-refractivity contribution in [3.8, 4) is 0 Å². The lowest BCUT2D eigenvalue weighted by Crippen LogP contribution is -2.51. The Morgan fingerprint density at radius 1 is 0.831 bits per heavy atom. The number of rotatable bonds is 21. The zero-order valence-electron chi connectivity index (χ0n) is 37.5. The molecular formula is C49H78N4O6. The van der Waals surface area contributed by atoms with Gasteiger partial charge in [-0.2, -0.15) is 0 Å². The summed E-state index contributed by atoms with van der Waals surface area (Å²) < 4.78 is 6.41. The zero-order valence-corrected chi connectivity index (χ0v) is 37.5. The molecule has 9 atom stereocenters. The molecule has 1 aromatic rings. The number of hydrogen-bond acceptors (Lipinski definition) is 6. The fourth-order valence-electron chi connectivity index (χ4n) is 11.8. The molecule has 0 heterocycles. The summed E-state index contributed by atoms with van der Waals surface area (Å²) in [4.78, 5) is 50.7. The highest BCUT2D eigenvalue weighted by Gasteiger charge is 2.59. The quantitative estimate of drug-likeness (QED) is 0.0622. The van der Waals surface area contributed by atoms with Gasteiger partial charge in [-0.05, 0) is 134 Å². The van der Waals surface area contributed by atoms with E-state index < -0.39 is 17.9 Å². The van der Waals surface area contributed by atoms with Gasteiger partial charge in [-0.3, -0.25) is 19.2 Å². The monoisotopic (exact) mass is 819 g/mol. The summed E-state index contributed by atoms with van der Waals surface area (Å²) in [6.07, 6.45) is 18.3. The van der Waals surface area contributed by atoms with Crippen LogP contribution in [0.2, 0.25) is 0 Å². The molecule has 0 spiro atoms.